The Morgan fingerprint density at radius 2 is 1.87 bits per heavy atom. The Balaban J connectivity index is 1.86. The van der Waals surface area contributed by atoms with Crippen LogP contribution in [0.15, 0.2) is 53.5 Å². The fourth-order valence-corrected chi connectivity index (χ4v) is 2.43. The van der Waals surface area contributed by atoms with Crippen LogP contribution < -0.4 is 21.1 Å². The molecule has 0 aromatic heterocycles. The van der Waals surface area contributed by atoms with Crippen LogP contribution in [0.3, 0.4) is 0 Å². The summed E-state index contributed by atoms with van der Waals surface area (Å²) in [4.78, 5) is 16.2. The molecule has 6 nitrogen and oxygen atoms in total. The van der Waals surface area contributed by atoms with Crippen LogP contribution in [0.1, 0.15) is 31.4 Å². The molecule has 1 unspecified atom stereocenters. The fraction of sp³-hybridized carbons (Fsp3) is 0.333. The van der Waals surface area contributed by atoms with Crippen molar-refractivity contribution in [2.75, 3.05) is 5.32 Å². The Labute approximate surface area is 173 Å². The molecule has 0 saturated carbocycles. The summed E-state index contributed by atoms with van der Waals surface area (Å²) in [7, 11) is 0. The van der Waals surface area contributed by atoms with E-state index in [-0.39, 0.29) is 23.5 Å². The highest BCUT2D eigenvalue weighted by Crippen LogP contribution is 2.22. The number of rotatable bonds is 8. The second-order valence-electron chi connectivity index (χ2n) is 6.75. The fourth-order valence-electron chi connectivity index (χ4n) is 2.43. The number of anilines is 1. The second-order valence-corrected chi connectivity index (χ2v) is 6.75. The van der Waals surface area contributed by atoms with Crippen LogP contribution in [-0.2, 0) is 17.9 Å². The zero-order chi connectivity index (χ0) is 22.1. The topological polar surface area (TPSA) is 88.7 Å². The zero-order valence-electron chi connectivity index (χ0n) is 16.8. The standard InChI is InChI=1S/C21H25F3N4O2/c1-3-14(2)19(29)28-17-6-4-5-16(11-17)13-27-20(25)26-12-15-7-9-18(10-8-15)30-21(22,23)24/h4-11,14H,3,12-13H2,1-2H3,(H,28,29)(H3,25,26,27). The molecule has 2 aromatic rings. The van der Waals surface area contributed by atoms with Crippen molar-refractivity contribution in [2.45, 2.75) is 39.7 Å². The Hall–Kier alpha value is -3.23. The molecule has 0 saturated heterocycles. The predicted molar refractivity (Wildman–Crippen MR) is 110 cm³/mol. The molecule has 0 heterocycles. The first-order valence-electron chi connectivity index (χ1n) is 9.44. The number of ether oxygens (including phenoxy) is 1. The number of carbonyl (C=O) groups is 1. The van der Waals surface area contributed by atoms with Gasteiger partial charge in [-0.05, 0) is 41.8 Å². The van der Waals surface area contributed by atoms with Gasteiger partial charge in [0.1, 0.15) is 5.75 Å². The number of nitrogens with one attached hydrogen (secondary N) is 2. The molecule has 2 aromatic carbocycles. The lowest BCUT2D eigenvalue weighted by molar-refractivity contribution is -0.274. The first kappa shape index (κ1) is 23.1. The maximum atomic E-state index is 12.2. The van der Waals surface area contributed by atoms with E-state index in [4.69, 9.17) is 5.73 Å². The highest BCUT2D eigenvalue weighted by Gasteiger charge is 2.30. The zero-order valence-corrected chi connectivity index (χ0v) is 16.8. The van der Waals surface area contributed by atoms with E-state index in [0.29, 0.717) is 18.8 Å². The number of benzene rings is 2. The van der Waals surface area contributed by atoms with Crippen molar-refractivity contribution in [3.8, 4) is 5.75 Å². The summed E-state index contributed by atoms with van der Waals surface area (Å²) < 4.78 is 40.3. The van der Waals surface area contributed by atoms with Crippen molar-refractivity contribution in [3.63, 3.8) is 0 Å². The maximum absolute atomic E-state index is 12.2. The van der Waals surface area contributed by atoms with Crippen molar-refractivity contribution >= 4 is 17.6 Å². The molecule has 1 atom stereocenters. The number of carbonyl (C=O) groups excluding carboxylic acids is 1. The normalized spacial score (nSPS) is 12.9. The number of nitrogens with zero attached hydrogens (tertiary/aromatic N) is 1. The van der Waals surface area contributed by atoms with Gasteiger partial charge >= 0.3 is 6.36 Å². The average Bonchev–Trinajstić information content (AvgIpc) is 2.70. The van der Waals surface area contributed by atoms with E-state index in [1.165, 1.54) is 24.3 Å². The monoisotopic (exact) mass is 422 g/mol. The first-order chi connectivity index (χ1) is 14.2. The molecule has 0 radical (unpaired) electrons. The van der Waals surface area contributed by atoms with Gasteiger partial charge in [-0.1, -0.05) is 38.1 Å². The van der Waals surface area contributed by atoms with Crippen molar-refractivity contribution in [1.29, 1.82) is 0 Å². The first-order valence-corrected chi connectivity index (χ1v) is 9.44. The predicted octanol–water partition coefficient (Wildman–Crippen LogP) is 4.17. The molecular weight excluding hydrogens is 397 g/mol. The van der Waals surface area contributed by atoms with Crippen LogP contribution in [0.4, 0.5) is 18.9 Å². The van der Waals surface area contributed by atoms with Crippen LogP contribution in [0.2, 0.25) is 0 Å². The quantitative estimate of drug-likeness (QED) is 0.440. The highest BCUT2D eigenvalue weighted by molar-refractivity contribution is 5.92. The van der Waals surface area contributed by atoms with Gasteiger partial charge in [-0.15, -0.1) is 13.2 Å². The number of hydrogen-bond acceptors (Lipinski definition) is 3. The minimum atomic E-state index is -4.72. The number of alkyl halides is 3. The van der Waals surface area contributed by atoms with Crippen molar-refractivity contribution in [2.24, 2.45) is 16.6 Å². The molecular formula is C21H25F3N4O2. The Bertz CT molecular complexity index is 867. The van der Waals surface area contributed by atoms with Gasteiger partial charge < -0.3 is 21.1 Å². The Morgan fingerprint density at radius 3 is 2.50 bits per heavy atom. The van der Waals surface area contributed by atoms with Gasteiger partial charge in [-0.25, -0.2) is 4.99 Å². The molecule has 4 N–H and O–H groups in total. The molecule has 1 amide bonds. The smallest absolute Gasteiger partial charge is 0.406 e. The third-order valence-electron chi connectivity index (χ3n) is 4.32. The van der Waals surface area contributed by atoms with Crippen molar-refractivity contribution < 1.29 is 22.7 Å². The van der Waals surface area contributed by atoms with Crippen LogP contribution >= 0.6 is 0 Å². The van der Waals surface area contributed by atoms with Gasteiger partial charge in [0, 0.05) is 18.2 Å². The number of amides is 1. The number of aliphatic imine (C=N–C) groups is 1. The Morgan fingerprint density at radius 1 is 1.17 bits per heavy atom. The molecule has 0 fully saturated rings. The van der Waals surface area contributed by atoms with Gasteiger partial charge in [-0.2, -0.15) is 0 Å². The summed E-state index contributed by atoms with van der Waals surface area (Å²) in [6, 6.07) is 12.8. The molecule has 162 valence electrons. The third kappa shape index (κ3) is 8.02. The second kappa shape index (κ2) is 10.5. The van der Waals surface area contributed by atoms with Gasteiger partial charge in [0.25, 0.3) is 0 Å². The summed E-state index contributed by atoms with van der Waals surface area (Å²) in [5, 5.41) is 5.77. The number of hydrogen-bond donors (Lipinski definition) is 3. The summed E-state index contributed by atoms with van der Waals surface area (Å²) >= 11 is 0. The van der Waals surface area contributed by atoms with Crippen LogP contribution in [0, 0.1) is 5.92 Å². The molecule has 30 heavy (non-hydrogen) atoms. The lowest BCUT2D eigenvalue weighted by Crippen LogP contribution is -2.31. The lowest BCUT2D eigenvalue weighted by atomic mass is 10.1. The van der Waals surface area contributed by atoms with E-state index < -0.39 is 6.36 Å². The highest BCUT2D eigenvalue weighted by atomic mass is 19.4. The summed E-state index contributed by atoms with van der Waals surface area (Å²) in [5.74, 6) is -0.195. The van der Waals surface area contributed by atoms with E-state index in [1.807, 2.05) is 32.0 Å². The van der Waals surface area contributed by atoms with E-state index in [2.05, 4.69) is 20.4 Å². The summed E-state index contributed by atoms with van der Waals surface area (Å²) in [6.07, 6.45) is -3.96. The average molecular weight is 422 g/mol. The molecule has 2 rings (SSSR count). The minimum Gasteiger partial charge on any atom is -0.406 e. The molecule has 0 aliphatic heterocycles. The van der Waals surface area contributed by atoms with E-state index in [9.17, 15) is 18.0 Å². The van der Waals surface area contributed by atoms with E-state index >= 15 is 0 Å². The van der Waals surface area contributed by atoms with Gasteiger partial charge in [-0.3, -0.25) is 4.79 Å². The molecule has 0 aliphatic rings. The summed E-state index contributed by atoms with van der Waals surface area (Å²) in [5.41, 5.74) is 8.14. The SMILES string of the molecule is CCC(C)C(=O)Nc1cccc(CN=C(N)NCc2ccc(OC(F)(F)F)cc2)c1. The molecule has 0 aliphatic carbocycles. The largest absolute Gasteiger partial charge is 0.573 e. The number of nitrogens with two attached hydrogens (primary N) is 1. The lowest BCUT2D eigenvalue weighted by Gasteiger charge is -2.11. The van der Waals surface area contributed by atoms with E-state index in [0.717, 1.165) is 17.5 Å². The van der Waals surface area contributed by atoms with Crippen molar-refractivity contribution in [3.05, 3.63) is 59.7 Å². The number of guanidine groups is 1. The van der Waals surface area contributed by atoms with Gasteiger partial charge in [0.15, 0.2) is 5.96 Å². The minimum absolute atomic E-state index is 0.0361. The van der Waals surface area contributed by atoms with Gasteiger partial charge in [0.05, 0.1) is 6.54 Å². The van der Waals surface area contributed by atoms with Crippen LogP contribution in [-0.4, -0.2) is 18.2 Å². The number of halogens is 3. The molecule has 0 bridgehead atoms. The van der Waals surface area contributed by atoms with Crippen LogP contribution in [0.25, 0.3) is 0 Å². The molecule has 9 heteroatoms. The summed E-state index contributed by atoms with van der Waals surface area (Å²) in [6.45, 7) is 4.43. The van der Waals surface area contributed by atoms with Crippen LogP contribution in [0.5, 0.6) is 5.75 Å². The molecule has 0 spiro atoms. The van der Waals surface area contributed by atoms with Crippen molar-refractivity contribution in [1.82, 2.24) is 5.32 Å². The maximum Gasteiger partial charge on any atom is 0.573 e. The third-order valence-corrected chi connectivity index (χ3v) is 4.32. The van der Waals surface area contributed by atoms with E-state index in [1.54, 1.807) is 6.07 Å². The Kier molecular flexibility index (Phi) is 8.08. The van der Waals surface area contributed by atoms with Gasteiger partial charge in [0.2, 0.25) is 5.91 Å².